The molecule has 1 aromatic carbocycles. The van der Waals surface area contributed by atoms with Gasteiger partial charge in [0.2, 0.25) is 10.0 Å². The Hall–Kier alpha value is -1.96. The molecule has 3 rings (SSSR count). The van der Waals surface area contributed by atoms with Crippen LogP contribution in [0.25, 0.3) is 0 Å². The molecule has 2 aromatic rings. The fourth-order valence-electron chi connectivity index (χ4n) is 2.68. The molecule has 1 saturated heterocycles. The average Bonchev–Trinajstić information content (AvgIpc) is 2.63. The van der Waals surface area contributed by atoms with Crippen molar-refractivity contribution >= 4 is 33.2 Å². The summed E-state index contributed by atoms with van der Waals surface area (Å²) >= 11 is 5.70. The first-order chi connectivity index (χ1) is 12.0. The van der Waals surface area contributed by atoms with Crippen LogP contribution in [0.15, 0.2) is 47.5 Å². The molecule has 1 aliphatic heterocycles. The van der Waals surface area contributed by atoms with E-state index in [-0.39, 0.29) is 10.8 Å². The second-order valence-electron chi connectivity index (χ2n) is 5.81. The second kappa shape index (κ2) is 7.51. The fourth-order valence-corrected chi connectivity index (χ4v) is 4.31. The number of hydrogen-bond acceptors (Lipinski definition) is 4. The Morgan fingerprint density at radius 1 is 1.04 bits per heavy atom. The lowest BCUT2D eigenvalue weighted by Crippen LogP contribution is -2.35. The van der Waals surface area contributed by atoms with Gasteiger partial charge in [0.25, 0.3) is 5.91 Å². The van der Waals surface area contributed by atoms with E-state index in [1.54, 1.807) is 18.2 Å². The first-order valence-corrected chi connectivity index (χ1v) is 9.82. The molecule has 1 aliphatic rings. The topological polar surface area (TPSA) is 79.4 Å². The van der Waals surface area contributed by atoms with E-state index in [0.717, 1.165) is 19.3 Å². The molecule has 0 radical (unpaired) electrons. The van der Waals surface area contributed by atoms with E-state index < -0.39 is 10.0 Å². The van der Waals surface area contributed by atoms with E-state index in [1.165, 1.54) is 28.7 Å². The molecule has 2 heterocycles. The van der Waals surface area contributed by atoms with Crippen molar-refractivity contribution in [3.63, 3.8) is 0 Å². The summed E-state index contributed by atoms with van der Waals surface area (Å²) in [7, 11) is -3.47. The third-order valence-corrected chi connectivity index (χ3v) is 6.19. The lowest BCUT2D eigenvalue weighted by molar-refractivity contribution is 0.102. The number of anilines is 1. The zero-order valence-corrected chi connectivity index (χ0v) is 15.1. The Morgan fingerprint density at radius 2 is 1.72 bits per heavy atom. The predicted molar refractivity (Wildman–Crippen MR) is 96.3 cm³/mol. The summed E-state index contributed by atoms with van der Waals surface area (Å²) in [6, 6.07) is 9.29. The number of sulfonamides is 1. The van der Waals surface area contributed by atoms with Crippen molar-refractivity contribution in [2.75, 3.05) is 18.4 Å². The second-order valence-corrected chi connectivity index (χ2v) is 8.14. The van der Waals surface area contributed by atoms with Crippen LogP contribution < -0.4 is 5.32 Å². The molecular weight excluding hydrogens is 362 g/mol. The highest BCUT2D eigenvalue weighted by Crippen LogP contribution is 2.22. The van der Waals surface area contributed by atoms with Crippen LogP contribution in [-0.2, 0) is 10.0 Å². The number of pyridine rings is 1. The molecule has 1 aromatic heterocycles. The monoisotopic (exact) mass is 379 g/mol. The summed E-state index contributed by atoms with van der Waals surface area (Å²) in [6.07, 6.45) is 4.23. The third kappa shape index (κ3) is 4.18. The molecule has 8 heteroatoms. The first-order valence-electron chi connectivity index (χ1n) is 8.00. The Kier molecular flexibility index (Phi) is 5.36. The molecule has 0 unspecified atom stereocenters. The molecule has 25 heavy (non-hydrogen) atoms. The largest absolute Gasteiger partial charge is 0.322 e. The van der Waals surface area contributed by atoms with Crippen LogP contribution in [0.1, 0.15) is 29.6 Å². The summed E-state index contributed by atoms with van der Waals surface area (Å²) in [5, 5.41) is 3.01. The molecule has 0 spiro atoms. The summed E-state index contributed by atoms with van der Waals surface area (Å²) in [4.78, 5) is 16.2. The quantitative estimate of drug-likeness (QED) is 0.827. The maximum atomic E-state index is 12.6. The Bertz CT molecular complexity index is 846. The number of halogens is 1. The molecular formula is C17H18ClN3O3S. The van der Waals surface area contributed by atoms with Crippen LogP contribution in [0.3, 0.4) is 0 Å². The average molecular weight is 380 g/mol. The van der Waals surface area contributed by atoms with Crippen LogP contribution in [0.5, 0.6) is 0 Å². The normalized spacial score (nSPS) is 15.7. The smallest absolute Gasteiger partial charge is 0.257 e. The maximum Gasteiger partial charge on any atom is 0.257 e. The SMILES string of the molecule is O=C(Nc1ccc(S(=O)(=O)N2CCCCC2)cc1)c1ccc(Cl)nc1. The molecule has 0 bridgehead atoms. The number of rotatable bonds is 4. The molecule has 6 nitrogen and oxygen atoms in total. The van der Waals surface area contributed by atoms with Gasteiger partial charge in [-0.05, 0) is 49.2 Å². The van der Waals surface area contributed by atoms with Gasteiger partial charge in [0.05, 0.1) is 10.5 Å². The van der Waals surface area contributed by atoms with E-state index in [9.17, 15) is 13.2 Å². The molecule has 1 N–H and O–H groups in total. The van der Waals surface area contributed by atoms with Crippen molar-refractivity contribution in [2.24, 2.45) is 0 Å². The minimum atomic E-state index is -3.47. The van der Waals surface area contributed by atoms with E-state index in [4.69, 9.17) is 11.6 Å². The van der Waals surface area contributed by atoms with Crippen LogP contribution in [0.4, 0.5) is 5.69 Å². The standard InChI is InChI=1S/C17H18ClN3O3S/c18-16-9-4-13(12-19-16)17(22)20-14-5-7-15(8-6-14)25(23,24)21-10-2-1-3-11-21/h4-9,12H,1-3,10-11H2,(H,20,22). The van der Waals surface area contributed by atoms with Crippen molar-refractivity contribution < 1.29 is 13.2 Å². The van der Waals surface area contributed by atoms with Gasteiger partial charge in [-0.3, -0.25) is 4.79 Å². The van der Waals surface area contributed by atoms with Crippen molar-refractivity contribution in [1.29, 1.82) is 0 Å². The van der Waals surface area contributed by atoms with Gasteiger partial charge in [-0.15, -0.1) is 0 Å². The molecule has 0 saturated carbocycles. The molecule has 1 amide bonds. The van der Waals surface area contributed by atoms with Gasteiger partial charge < -0.3 is 5.32 Å². The highest BCUT2D eigenvalue weighted by molar-refractivity contribution is 7.89. The van der Waals surface area contributed by atoms with Gasteiger partial charge >= 0.3 is 0 Å². The van der Waals surface area contributed by atoms with Crippen LogP contribution >= 0.6 is 11.6 Å². The fraction of sp³-hybridized carbons (Fsp3) is 0.294. The summed E-state index contributed by atoms with van der Waals surface area (Å²) in [5.41, 5.74) is 0.881. The minimum Gasteiger partial charge on any atom is -0.322 e. The van der Waals surface area contributed by atoms with Gasteiger partial charge in [0, 0.05) is 25.0 Å². The number of amides is 1. The van der Waals surface area contributed by atoms with Gasteiger partial charge in [0.15, 0.2) is 0 Å². The first kappa shape index (κ1) is 17.8. The Balaban J connectivity index is 1.71. The number of nitrogens with one attached hydrogen (secondary N) is 1. The van der Waals surface area contributed by atoms with Crippen LogP contribution in [0, 0.1) is 0 Å². The molecule has 0 atom stereocenters. The van der Waals surface area contributed by atoms with Gasteiger partial charge in [0.1, 0.15) is 5.15 Å². The van der Waals surface area contributed by atoms with Crippen molar-refractivity contribution in [1.82, 2.24) is 9.29 Å². The third-order valence-electron chi connectivity index (χ3n) is 4.05. The van der Waals surface area contributed by atoms with Crippen LogP contribution in [-0.4, -0.2) is 36.7 Å². The van der Waals surface area contributed by atoms with E-state index in [0.29, 0.717) is 29.5 Å². The minimum absolute atomic E-state index is 0.237. The van der Waals surface area contributed by atoms with Gasteiger partial charge in [-0.2, -0.15) is 4.31 Å². The summed E-state index contributed by atoms with van der Waals surface area (Å²) in [6.45, 7) is 1.12. The number of piperidine rings is 1. The number of hydrogen-bond donors (Lipinski definition) is 1. The van der Waals surface area contributed by atoms with Crippen molar-refractivity contribution in [3.05, 3.63) is 53.3 Å². The molecule has 132 valence electrons. The van der Waals surface area contributed by atoms with Gasteiger partial charge in [-0.1, -0.05) is 18.0 Å². The lowest BCUT2D eigenvalue weighted by Gasteiger charge is -2.25. The summed E-state index contributed by atoms with van der Waals surface area (Å²) in [5.74, 6) is -0.337. The maximum absolute atomic E-state index is 12.6. The van der Waals surface area contributed by atoms with Crippen molar-refractivity contribution in [2.45, 2.75) is 24.2 Å². The number of carbonyl (C=O) groups is 1. The Morgan fingerprint density at radius 3 is 2.32 bits per heavy atom. The number of nitrogens with zero attached hydrogens (tertiary/aromatic N) is 2. The van der Waals surface area contributed by atoms with Gasteiger partial charge in [-0.25, -0.2) is 13.4 Å². The van der Waals surface area contributed by atoms with E-state index >= 15 is 0 Å². The highest BCUT2D eigenvalue weighted by atomic mass is 35.5. The number of benzene rings is 1. The zero-order chi connectivity index (χ0) is 17.9. The highest BCUT2D eigenvalue weighted by Gasteiger charge is 2.25. The van der Waals surface area contributed by atoms with E-state index in [2.05, 4.69) is 10.3 Å². The van der Waals surface area contributed by atoms with E-state index in [1.807, 2.05) is 0 Å². The molecule has 0 aliphatic carbocycles. The predicted octanol–water partition coefficient (Wildman–Crippen LogP) is 3.16. The zero-order valence-electron chi connectivity index (χ0n) is 13.5. The van der Waals surface area contributed by atoms with Crippen molar-refractivity contribution in [3.8, 4) is 0 Å². The van der Waals surface area contributed by atoms with Crippen LogP contribution in [0.2, 0.25) is 5.15 Å². The number of carbonyl (C=O) groups excluding carboxylic acids is 1. The lowest BCUT2D eigenvalue weighted by atomic mass is 10.2. The molecule has 1 fully saturated rings. The summed E-state index contributed by atoms with van der Waals surface area (Å²) < 4.78 is 26.7. The Labute approximate surface area is 151 Å². The number of aromatic nitrogens is 1.